The van der Waals surface area contributed by atoms with Gasteiger partial charge in [-0.05, 0) is 35.4 Å². The van der Waals surface area contributed by atoms with Gasteiger partial charge < -0.3 is 4.57 Å². The Morgan fingerprint density at radius 3 is 1.25 bits per heavy atom. The van der Waals surface area contributed by atoms with E-state index in [2.05, 4.69) is 193 Å². The van der Waals surface area contributed by atoms with Crippen molar-refractivity contribution in [3.05, 3.63) is 188 Å². The Bertz CT molecular complexity index is 2050. The van der Waals surface area contributed by atoms with Crippen molar-refractivity contribution in [1.29, 1.82) is 0 Å². The minimum absolute atomic E-state index is 1.17. The molecule has 1 nitrogen and oxygen atoms in total. The molecule has 0 fully saturated rings. The number of aromatic nitrogens is 1. The monoisotopic (exact) mass is 560 g/mol. The van der Waals surface area contributed by atoms with E-state index < -0.39 is 6.15 Å². The first-order valence-corrected chi connectivity index (χ1v) is 15.4. The molecule has 0 saturated heterocycles. The highest BCUT2D eigenvalue weighted by Gasteiger charge is 2.31. The summed E-state index contributed by atoms with van der Waals surface area (Å²) in [5.74, 6) is 0. The highest BCUT2D eigenvalue weighted by molar-refractivity contribution is 7.19. The Morgan fingerprint density at radius 1 is 0.318 bits per heavy atom. The van der Waals surface area contributed by atoms with Crippen molar-refractivity contribution in [1.82, 2.24) is 4.57 Å². The molecule has 1 aromatic heterocycles. The molecular weight excluding hydrogens is 529 g/mol. The average Bonchev–Trinajstić information content (AvgIpc) is 3.45. The first-order valence-electron chi connectivity index (χ1n) is 15.4. The lowest BCUT2D eigenvalue weighted by molar-refractivity contribution is 1.18. The van der Waals surface area contributed by atoms with Crippen LogP contribution in [0.4, 0.5) is 0 Å². The van der Waals surface area contributed by atoms with Crippen LogP contribution in [0.2, 0.25) is 0 Å². The van der Waals surface area contributed by atoms with Crippen molar-refractivity contribution in [3.63, 3.8) is 0 Å². The van der Waals surface area contributed by atoms with Crippen LogP contribution in [0.5, 0.6) is 0 Å². The number of fused-ring (bicyclic) bond motifs is 3. The quantitative estimate of drug-likeness (QED) is 0.183. The zero-order valence-corrected chi connectivity index (χ0v) is 24.4. The summed E-state index contributed by atoms with van der Waals surface area (Å²) in [6.07, 6.45) is -1.42. The van der Waals surface area contributed by atoms with Crippen LogP contribution in [-0.4, -0.2) is 10.7 Å². The van der Waals surface area contributed by atoms with Gasteiger partial charge in [-0.3, -0.25) is 0 Å². The number of hydrogen-bond acceptors (Lipinski definition) is 0. The molecule has 208 valence electrons. The van der Waals surface area contributed by atoms with E-state index in [0.717, 1.165) is 0 Å². The number of rotatable bonds is 6. The molecule has 1 heterocycles. The Hall–Kier alpha value is -5.60. The molecule has 0 amide bonds. The van der Waals surface area contributed by atoms with E-state index in [4.69, 9.17) is 0 Å². The van der Waals surface area contributed by atoms with E-state index >= 15 is 0 Å². The topological polar surface area (TPSA) is 4.93 Å². The predicted octanol–water partition coefficient (Wildman–Crippen LogP) is 7.83. The van der Waals surface area contributed by atoms with Crippen LogP contribution in [0.25, 0.3) is 38.6 Å². The highest BCUT2D eigenvalue weighted by atomic mass is 15.0. The van der Waals surface area contributed by atoms with E-state index in [0.29, 0.717) is 0 Å². The van der Waals surface area contributed by atoms with Crippen LogP contribution in [0.15, 0.2) is 188 Å². The molecule has 0 spiro atoms. The molecule has 7 aromatic carbocycles. The largest absolute Gasteiger partial charge is 0.309 e. The summed E-state index contributed by atoms with van der Waals surface area (Å²) in [5, 5.41) is 2.56. The Balaban J connectivity index is 1.29. The van der Waals surface area contributed by atoms with Crippen LogP contribution in [0.1, 0.15) is 0 Å². The van der Waals surface area contributed by atoms with Gasteiger partial charge in [-0.25, -0.2) is 0 Å². The van der Waals surface area contributed by atoms with Crippen LogP contribution >= 0.6 is 0 Å². The molecule has 2 heteroatoms. The molecular formula is C42H31BN-. The van der Waals surface area contributed by atoms with Crippen molar-refractivity contribution in [3.8, 4) is 16.8 Å². The molecule has 0 unspecified atom stereocenters. The molecule has 0 saturated carbocycles. The maximum atomic E-state index is 2.41. The molecule has 0 N–H and O–H groups in total. The lowest BCUT2D eigenvalue weighted by Gasteiger charge is -2.44. The molecule has 44 heavy (non-hydrogen) atoms. The SMILES string of the molecule is c1ccc([B-](c2ccccc2)(c2ccccc2)c2cccc(-c3ccc(-n4c5ccccc5c5ccccc54)cc3)c2)cc1. The first-order chi connectivity index (χ1) is 21.8. The van der Waals surface area contributed by atoms with Gasteiger partial charge in [0.05, 0.1) is 11.0 Å². The zero-order chi connectivity index (χ0) is 29.3. The Kier molecular flexibility index (Phi) is 6.46. The Labute approximate surface area is 258 Å². The maximum Gasteiger partial charge on any atom is 0.108 e. The second-order valence-electron chi connectivity index (χ2n) is 11.6. The van der Waals surface area contributed by atoms with E-state index in [9.17, 15) is 0 Å². The lowest BCUT2D eigenvalue weighted by Crippen LogP contribution is -2.74. The lowest BCUT2D eigenvalue weighted by atomic mass is 9.13. The molecule has 0 aliphatic rings. The Morgan fingerprint density at radius 2 is 0.750 bits per heavy atom. The van der Waals surface area contributed by atoms with Gasteiger partial charge in [0.2, 0.25) is 0 Å². The summed E-state index contributed by atoms with van der Waals surface area (Å²) < 4.78 is 2.37. The van der Waals surface area contributed by atoms with E-state index in [1.807, 2.05) is 0 Å². The van der Waals surface area contributed by atoms with Crippen molar-refractivity contribution in [2.45, 2.75) is 0 Å². The number of benzene rings is 7. The normalized spacial score (nSPS) is 11.6. The maximum absolute atomic E-state index is 2.41. The van der Waals surface area contributed by atoms with E-state index in [1.165, 1.54) is 60.5 Å². The molecule has 8 rings (SSSR count). The van der Waals surface area contributed by atoms with Crippen LogP contribution in [0, 0.1) is 0 Å². The summed E-state index contributed by atoms with van der Waals surface area (Å²) in [6.45, 7) is 0. The summed E-state index contributed by atoms with van der Waals surface area (Å²) in [4.78, 5) is 0. The van der Waals surface area contributed by atoms with Crippen LogP contribution < -0.4 is 21.9 Å². The molecule has 0 bridgehead atoms. The van der Waals surface area contributed by atoms with E-state index in [-0.39, 0.29) is 0 Å². The van der Waals surface area contributed by atoms with Crippen molar-refractivity contribution in [2.24, 2.45) is 0 Å². The third kappa shape index (κ3) is 4.19. The fourth-order valence-electron chi connectivity index (χ4n) is 7.37. The van der Waals surface area contributed by atoms with Gasteiger partial charge >= 0.3 is 0 Å². The molecule has 0 atom stereocenters. The van der Waals surface area contributed by atoms with Gasteiger partial charge in [-0.2, -0.15) is 21.9 Å². The first kappa shape index (κ1) is 26.1. The number of hydrogen-bond donors (Lipinski definition) is 0. The van der Waals surface area contributed by atoms with Gasteiger partial charge in [0.15, 0.2) is 0 Å². The summed E-state index contributed by atoms with van der Waals surface area (Å²) in [6, 6.07) is 68.6. The molecule has 0 aliphatic carbocycles. The van der Waals surface area contributed by atoms with Gasteiger partial charge in [0, 0.05) is 16.5 Å². The van der Waals surface area contributed by atoms with Gasteiger partial charge in [0.25, 0.3) is 0 Å². The van der Waals surface area contributed by atoms with Crippen LogP contribution in [0.3, 0.4) is 0 Å². The minimum atomic E-state index is -1.42. The van der Waals surface area contributed by atoms with Gasteiger partial charge in [0.1, 0.15) is 6.15 Å². The summed E-state index contributed by atoms with van der Waals surface area (Å²) in [5.41, 5.74) is 11.3. The molecule has 0 radical (unpaired) electrons. The van der Waals surface area contributed by atoms with Crippen LogP contribution in [-0.2, 0) is 0 Å². The number of nitrogens with zero attached hydrogens (tertiary/aromatic N) is 1. The summed E-state index contributed by atoms with van der Waals surface area (Å²) >= 11 is 0. The highest BCUT2D eigenvalue weighted by Crippen LogP contribution is 2.32. The van der Waals surface area contributed by atoms with Gasteiger partial charge in [-0.1, -0.05) is 164 Å². The van der Waals surface area contributed by atoms with Crippen molar-refractivity contribution < 1.29 is 0 Å². The third-order valence-corrected chi connectivity index (χ3v) is 9.32. The average molecular weight is 561 g/mol. The zero-order valence-electron chi connectivity index (χ0n) is 24.4. The van der Waals surface area contributed by atoms with E-state index in [1.54, 1.807) is 0 Å². The van der Waals surface area contributed by atoms with Crippen molar-refractivity contribution in [2.75, 3.05) is 0 Å². The molecule has 8 aromatic rings. The minimum Gasteiger partial charge on any atom is -0.309 e. The predicted molar refractivity (Wildman–Crippen MR) is 190 cm³/mol. The van der Waals surface area contributed by atoms with Gasteiger partial charge in [-0.15, -0.1) is 0 Å². The summed E-state index contributed by atoms with van der Waals surface area (Å²) in [7, 11) is 0. The fourth-order valence-corrected chi connectivity index (χ4v) is 7.37. The smallest absolute Gasteiger partial charge is 0.108 e. The van der Waals surface area contributed by atoms with Crippen molar-refractivity contribution >= 4 is 49.8 Å². The fraction of sp³-hybridized carbons (Fsp3) is 0. The third-order valence-electron chi connectivity index (χ3n) is 9.32. The second-order valence-corrected chi connectivity index (χ2v) is 11.6. The second kappa shape index (κ2) is 10.9. The number of para-hydroxylation sites is 2. The molecule has 0 aliphatic heterocycles. The standard InChI is InChI=1S/C42H31BN/c1-4-16-34(17-5-1)43(35-18-6-2-7-19-35,36-20-8-3-9-21-36)37-22-14-15-33(31-37)32-27-29-38(30-28-32)44-41-25-12-10-23-39(41)40-24-11-13-26-42(40)44/h1-31H/q-1.